The number of benzene rings is 1. The minimum absolute atomic E-state index is 0.0738. The molecule has 0 bridgehead atoms. The Kier molecular flexibility index (Phi) is 5.39. The Labute approximate surface area is 161 Å². The van der Waals surface area contributed by atoms with Gasteiger partial charge in [0.05, 0.1) is 34.4 Å². The Morgan fingerprint density at radius 1 is 1.00 bits per heavy atom. The zero-order valence-electron chi connectivity index (χ0n) is 16.0. The molecule has 8 heteroatoms. The zero-order valence-corrected chi connectivity index (χ0v) is 16.0. The van der Waals surface area contributed by atoms with Crippen molar-refractivity contribution in [2.45, 2.75) is 18.8 Å². The van der Waals surface area contributed by atoms with Crippen LogP contribution in [0.4, 0.5) is 0 Å². The van der Waals surface area contributed by atoms with Gasteiger partial charge in [0.15, 0.2) is 17.3 Å². The molecule has 1 aliphatic carbocycles. The van der Waals surface area contributed by atoms with Crippen LogP contribution in [0.5, 0.6) is 11.5 Å². The fourth-order valence-corrected chi connectivity index (χ4v) is 3.43. The number of ketones is 1. The van der Waals surface area contributed by atoms with Crippen LogP contribution in [0.25, 0.3) is 0 Å². The molecule has 0 saturated carbocycles. The van der Waals surface area contributed by atoms with Crippen LogP contribution in [0.2, 0.25) is 0 Å². The van der Waals surface area contributed by atoms with Crippen molar-refractivity contribution in [2.24, 2.45) is 0 Å². The highest BCUT2D eigenvalue weighted by Gasteiger charge is 2.37. The molecule has 1 atom stereocenters. The maximum absolute atomic E-state index is 13.2. The summed E-state index contributed by atoms with van der Waals surface area (Å²) in [6.45, 7) is 0. The van der Waals surface area contributed by atoms with Gasteiger partial charge >= 0.3 is 11.9 Å². The van der Waals surface area contributed by atoms with Crippen molar-refractivity contribution < 1.29 is 37.7 Å². The summed E-state index contributed by atoms with van der Waals surface area (Å²) < 4.78 is 25.5. The highest BCUT2D eigenvalue weighted by atomic mass is 16.5. The van der Waals surface area contributed by atoms with Crippen molar-refractivity contribution in [1.29, 1.82) is 0 Å². The molecule has 1 aromatic carbocycles. The van der Waals surface area contributed by atoms with E-state index in [1.807, 2.05) is 0 Å². The van der Waals surface area contributed by atoms with Crippen LogP contribution in [0, 0.1) is 0 Å². The van der Waals surface area contributed by atoms with Crippen LogP contribution in [0.3, 0.4) is 0 Å². The van der Waals surface area contributed by atoms with Crippen LogP contribution in [-0.2, 0) is 15.9 Å². The molecular weight excluding hydrogens is 368 g/mol. The molecule has 0 saturated heterocycles. The Hall–Kier alpha value is -3.29. The molecule has 3 rings (SSSR count). The second kappa shape index (κ2) is 7.75. The lowest BCUT2D eigenvalue weighted by Gasteiger charge is -2.24. The molecule has 0 radical (unpaired) electrons. The molecule has 1 aliphatic rings. The highest BCUT2D eigenvalue weighted by Crippen LogP contribution is 2.40. The van der Waals surface area contributed by atoms with E-state index in [0.29, 0.717) is 29.9 Å². The van der Waals surface area contributed by atoms with E-state index in [9.17, 15) is 14.4 Å². The number of ether oxygens (including phenoxy) is 4. The average Bonchev–Trinajstić information content (AvgIpc) is 3.16. The number of hydrogen-bond donors (Lipinski definition) is 0. The second-order valence-corrected chi connectivity index (χ2v) is 6.19. The third kappa shape index (κ3) is 3.11. The van der Waals surface area contributed by atoms with Crippen LogP contribution in [-0.4, -0.2) is 46.2 Å². The van der Waals surface area contributed by atoms with Gasteiger partial charge in [-0.3, -0.25) is 4.79 Å². The molecule has 1 heterocycles. The number of furan rings is 1. The summed E-state index contributed by atoms with van der Waals surface area (Å²) in [6.07, 6.45) is 2.07. The monoisotopic (exact) mass is 388 g/mol. The first kappa shape index (κ1) is 19.5. The van der Waals surface area contributed by atoms with Gasteiger partial charge in [-0.05, 0) is 30.5 Å². The number of rotatable bonds is 5. The lowest BCUT2D eigenvalue weighted by atomic mass is 9.80. The number of methoxy groups -OCH3 is 4. The van der Waals surface area contributed by atoms with E-state index in [4.69, 9.17) is 18.6 Å². The highest BCUT2D eigenvalue weighted by molar-refractivity contribution is 6.08. The molecule has 0 aliphatic heterocycles. The van der Waals surface area contributed by atoms with E-state index in [0.717, 1.165) is 11.8 Å². The first-order chi connectivity index (χ1) is 13.5. The van der Waals surface area contributed by atoms with Crippen molar-refractivity contribution in [2.75, 3.05) is 28.4 Å². The number of esters is 2. The van der Waals surface area contributed by atoms with E-state index in [-0.39, 0.29) is 22.7 Å². The normalized spacial score (nSPS) is 15.6. The predicted molar refractivity (Wildman–Crippen MR) is 96.3 cm³/mol. The van der Waals surface area contributed by atoms with E-state index in [1.165, 1.54) is 28.4 Å². The van der Waals surface area contributed by atoms with Crippen LogP contribution >= 0.6 is 0 Å². The van der Waals surface area contributed by atoms with Crippen LogP contribution in [0.1, 0.15) is 54.7 Å². The van der Waals surface area contributed by atoms with Gasteiger partial charge < -0.3 is 23.4 Å². The molecule has 28 heavy (non-hydrogen) atoms. The molecule has 2 aromatic rings. The molecule has 0 spiro atoms. The van der Waals surface area contributed by atoms with Gasteiger partial charge in [-0.1, -0.05) is 0 Å². The minimum Gasteiger partial charge on any atom is -0.493 e. The third-order valence-electron chi connectivity index (χ3n) is 4.82. The Balaban J connectivity index is 2.08. The van der Waals surface area contributed by atoms with Gasteiger partial charge in [-0.15, -0.1) is 0 Å². The molecule has 0 N–H and O–H groups in total. The maximum atomic E-state index is 13.2. The van der Waals surface area contributed by atoms with Gasteiger partial charge in [0.2, 0.25) is 0 Å². The first-order valence-corrected chi connectivity index (χ1v) is 8.53. The largest absolute Gasteiger partial charge is 0.493 e. The van der Waals surface area contributed by atoms with Crippen molar-refractivity contribution in [3.8, 4) is 11.5 Å². The van der Waals surface area contributed by atoms with E-state index >= 15 is 0 Å². The fourth-order valence-electron chi connectivity index (χ4n) is 3.43. The molecule has 8 nitrogen and oxygen atoms in total. The van der Waals surface area contributed by atoms with Gasteiger partial charge in [-0.2, -0.15) is 0 Å². The van der Waals surface area contributed by atoms with Crippen molar-refractivity contribution in [3.05, 3.63) is 46.4 Å². The lowest BCUT2D eigenvalue weighted by molar-refractivity contribution is 0.0555. The minimum atomic E-state index is -0.768. The Bertz CT molecular complexity index is 940. The Morgan fingerprint density at radius 2 is 1.64 bits per heavy atom. The van der Waals surface area contributed by atoms with E-state index in [2.05, 4.69) is 4.74 Å². The number of aryl methyl sites for hydroxylation is 1. The molecular formula is C20H20O8. The summed E-state index contributed by atoms with van der Waals surface area (Å²) in [5.74, 6) is -1.43. The number of hydrogen-bond acceptors (Lipinski definition) is 8. The lowest BCUT2D eigenvalue weighted by Crippen LogP contribution is -2.23. The fraction of sp³-hybridized carbons (Fsp3) is 0.350. The summed E-state index contributed by atoms with van der Waals surface area (Å²) in [6, 6.07) is 3.39. The number of carbonyl (C=O) groups is 3. The predicted octanol–water partition coefficient (Wildman–Crippen LogP) is 2.78. The first-order valence-electron chi connectivity index (χ1n) is 8.53. The van der Waals surface area contributed by atoms with Crippen molar-refractivity contribution in [1.82, 2.24) is 0 Å². The van der Waals surface area contributed by atoms with E-state index < -0.39 is 17.9 Å². The second-order valence-electron chi connectivity index (χ2n) is 6.19. The molecule has 0 fully saturated rings. The smallest absolute Gasteiger partial charge is 0.342 e. The maximum Gasteiger partial charge on any atom is 0.342 e. The van der Waals surface area contributed by atoms with Gasteiger partial charge in [0.1, 0.15) is 23.2 Å². The van der Waals surface area contributed by atoms with Gasteiger partial charge in [-0.25, -0.2) is 9.59 Å². The van der Waals surface area contributed by atoms with Crippen molar-refractivity contribution >= 4 is 17.7 Å². The van der Waals surface area contributed by atoms with Gasteiger partial charge in [0, 0.05) is 5.56 Å². The zero-order chi connectivity index (χ0) is 20.4. The Morgan fingerprint density at radius 3 is 2.25 bits per heavy atom. The molecule has 1 unspecified atom stereocenters. The number of carbonyl (C=O) groups excluding carboxylic acids is 3. The number of fused-ring (bicyclic) bond motifs is 1. The average molecular weight is 388 g/mol. The van der Waals surface area contributed by atoms with Crippen LogP contribution < -0.4 is 9.47 Å². The summed E-state index contributed by atoms with van der Waals surface area (Å²) in [7, 11) is 5.39. The quantitative estimate of drug-likeness (QED) is 0.721. The molecule has 1 aromatic heterocycles. The summed E-state index contributed by atoms with van der Waals surface area (Å²) in [5.41, 5.74) is 1.12. The topological polar surface area (TPSA) is 101 Å². The third-order valence-corrected chi connectivity index (χ3v) is 4.82. The number of Topliss-reactive ketones (excluding diaryl/α,β-unsaturated/α-hetero) is 1. The standard InChI is InChI=1S/C20H20O8/c1-24-14-7-10-5-6-11(17(21)12(10)8-15(14)25-2)18-16(20(23)27-4)13(9-28-18)19(22)26-3/h7-9,11H,5-6H2,1-4H3. The van der Waals surface area contributed by atoms with Crippen molar-refractivity contribution in [3.63, 3.8) is 0 Å². The van der Waals surface area contributed by atoms with Crippen LogP contribution in [0.15, 0.2) is 22.8 Å². The van der Waals surface area contributed by atoms with E-state index in [1.54, 1.807) is 12.1 Å². The van der Waals surface area contributed by atoms with Gasteiger partial charge in [0.25, 0.3) is 0 Å². The molecule has 148 valence electrons. The summed E-state index contributed by atoms with van der Waals surface area (Å²) in [5, 5.41) is 0. The summed E-state index contributed by atoms with van der Waals surface area (Å²) >= 11 is 0. The SMILES string of the molecule is COC(=O)c1coc(C2CCc3cc(OC)c(OC)cc3C2=O)c1C(=O)OC. The molecule has 0 amide bonds. The summed E-state index contributed by atoms with van der Waals surface area (Å²) in [4.78, 5) is 37.4.